The number of H-pyrrole nitrogens is 1. The van der Waals surface area contributed by atoms with Crippen LogP contribution in [-0.2, 0) is 30.7 Å². The molecule has 220 valence electrons. The first-order chi connectivity index (χ1) is 19.8. The molecule has 2 aromatic carbocycles. The number of methoxy groups -OCH3 is 1. The summed E-state index contributed by atoms with van der Waals surface area (Å²) in [7, 11) is -1.99. The number of sulfonamides is 1. The molecule has 1 unspecified atom stereocenters. The van der Waals surface area contributed by atoms with Gasteiger partial charge in [-0.1, -0.05) is 30.3 Å². The maximum Gasteiger partial charge on any atom is 0.240 e. The van der Waals surface area contributed by atoms with Gasteiger partial charge in [0, 0.05) is 42.2 Å². The van der Waals surface area contributed by atoms with Crippen LogP contribution in [0.3, 0.4) is 0 Å². The smallest absolute Gasteiger partial charge is 0.240 e. The van der Waals surface area contributed by atoms with E-state index in [-0.39, 0.29) is 28.8 Å². The molecule has 0 radical (unpaired) electrons. The molecule has 1 saturated heterocycles. The van der Waals surface area contributed by atoms with Gasteiger partial charge in [0.25, 0.3) is 0 Å². The third-order valence-electron chi connectivity index (χ3n) is 9.19. The van der Waals surface area contributed by atoms with Crippen LogP contribution in [0, 0.1) is 18.8 Å². The molecule has 2 heterocycles. The Hall–Kier alpha value is -2.72. The number of carbonyl (C=O) groups excluding carboxylic acids is 1. The van der Waals surface area contributed by atoms with Crippen molar-refractivity contribution < 1.29 is 22.7 Å². The summed E-state index contributed by atoms with van der Waals surface area (Å²) >= 11 is 0. The van der Waals surface area contributed by atoms with Gasteiger partial charge in [0.2, 0.25) is 15.9 Å². The van der Waals surface area contributed by atoms with Gasteiger partial charge in [-0.15, -0.1) is 0 Å². The Balaban J connectivity index is 1.10. The van der Waals surface area contributed by atoms with Crippen LogP contribution in [0.25, 0.3) is 22.2 Å². The molecule has 0 spiro atoms. The van der Waals surface area contributed by atoms with Gasteiger partial charge in [-0.05, 0) is 86.6 Å². The topological polar surface area (TPSA) is 101 Å². The van der Waals surface area contributed by atoms with E-state index >= 15 is 0 Å². The van der Waals surface area contributed by atoms with Crippen LogP contribution >= 0.6 is 0 Å². The van der Waals surface area contributed by atoms with Gasteiger partial charge in [0.15, 0.2) is 0 Å². The molecule has 3 fully saturated rings. The minimum atomic E-state index is -3.70. The highest BCUT2D eigenvalue weighted by molar-refractivity contribution is 7.89. The Morgan fingerprint density at radius 1 is 1.07 bits per heavy atom. The molecule has 3 aromatic rings. The normalized spacial score (nSPS) is 23.7. The summed E-state index contributed by atoms with van der Waals surface area (Å²) in [5.74, 6) is 0.797. The van der Waals surface area contributed by atoms with Crippen molar-refractivity contribution in [2.24, 2.45) is 11.8 Å². The lowest BCUT2D eigenvalue weighted by Gasteiger charge is -2.39. The number of nitrogens with one attached hydrogen (secondary N) is 2. The fraction of sp³-hybridized carbons (Fsp3) is 0.531. The number of benzene rings is 2. The van der Waals surface area contributed by atoms with Crippen molar-refractivity contribution >= 4 is 26.8 Å². The predicted octanol–water partition coefficient (Wildman–Crippen LogP) is 4.81. The van der Waals surface area contributed by atoms with Gasteiger partial charge < -0.3 is 19.4 Å². The number of hydrogen-bond acceptors (Lipinski definition) is 5. The fourth-order valence-electron chi connectivity index (χ4n) is 6.58. The summed E-state index contributed by atoms with van der Waals surface area (Å²) in [6.45, 7) is 4.68. The largest absolute Gasteiger partial charge is 0.384 e. The number of hydrogen-bond donors (Lipinski definition) is 2. The molecule has 0 bridgehead atoms. The lowest BCUT2D eigenvalue weighted by Crippen LogP contribution is -2.52. The number of rotatable bonds is 9. The molecule has 2 saturated carbocycles. The van der Waals surface area contributed by atoms with Crippen molar-refractivity contribution in [1.82, 2.24) is 14.6 Å². The van der Waals surface area contributed by atoms with Crippen molar-refractivity contribution in [1.29, 1.82) is 0 Å². The van der Waals surface area contributed by atoms with Crippen LogP contribution in [-0.4, -0.2) is 69.8 Å². The predicted molar refractivity (Wildman–Crippen MR) is 159 cm³/mol. The van der Waals surface area contributed by atoms with Crippen LogP contribution in [0.4, 0.5) is 0 Å². The Morgan fingerprint density at radius 2 is 1.83 bits per heavy atom. The first-order valence-corrected chi connectivity index (χ1v) is 16.4. The quantitative estimate of drug-likeness (QED) is 0.379. The lowest BCUT2D eigenvalue weighted by atomic mass is 9.85. The number of nitrogens with zero attached hydrogens (tertiary/aromatic N) is 1. The number of fused-ring (bicyclic) bond motifs is 1. The molecule has 9 heteroatoms. The Morgan fingerprint density at radius 3 is 2.54 bits per heavy atom. The zero-order valence-electron chi connectivity index (χ0n) is 24.0. The highest BCUT2D eigenvalue weighted by atomic mass is 32.2. The summed E-state index contributed by atoms with van der Waals surface area (Å²) < 4.78 is 40.6. The molecule has 1 aromatic heterocycles. The van der Waals surface area contributed by atoms with Crippen molar-refractivity contribution in [3.05, 3.63) is 53.6 Å². The van der Waals surface area contributed by atoms with E-state index in [1.807, 2.05) is 6.07 Å². The average molecular weight is 580 g/mol. The van der Waals surface area contributed by atoms with Crippen molar-refractivity contribution in [3.8, 4) is 11.3 Å². The van der Waals surface area contributed by atoms with Crippen LogP contribution in [0.2, 0.25) is 0 Å². The molecular formula is C32H41N3O5S. The molecule has 1 atom stereocenters. The number of carbonyl (C=O) groups is 1. The van der Waals surface area contributed by atoms with E-state index in [1.165, 1.54) is 18.4 Å². The van der Waals surface area contributed by atoms with Crippen LogP contribution in [0.1, 0.15) is 49.7 Å². The summed E-state index contributed by atoms with van der Waals surface area (Å²) in [4.78, 5) is 19.1. The minimum Gasteiger partial charge on any atom is -0.384 e. The monoisotopic (exact) mass is 579 g/mol. The van der Waals surface area contributed by atoms with Crippen LogP contribution in [0.15, 0.2) is 47.4 Å². The highest BCUT2D eigenvalue weighted by Gasteiger charge is 2.41. The van der Waals surface area contributed by atoms with Crippen molar-refractivity contribution in [2.45, 2.75) is 68.8 Å². The summed E-state index contributed by atoms with van der Waals surface area (Å²) in [6.07, 6.45) is 5.99. The number of amides is 1. The molecule has 6 rings (SSSR count). The van der Waals surface area contributed by atoms with Gasteiger partial charge >= 0.3 is 0 Å². The summed E-state index contributed by atoms with van der Waals surface area (Å²) in [6, 6.07) is 13.8. The van der Waals surface area contributed by atoms with Gasteiger partial charge in [-0.3, -0.25) is 4.79 Å². The number of aryl methyl sites for hydroxylation is 1. The fourth-order valence-corrected chi connectivity index (χ4v) is 7.91. The number of morpholine rings is 1. The zero-order chi connectivity index (χ0) is 28.6. The standard InChI is InChI=1S/C32H41N3O5S/c1-21-28-14-13-27(19-29(28)33-31(21)24-5-3-22(4-6-24)15-17-39-2)41(37,38)34-26-11-9-25(10-12-26)32(36)35-16-18-40-20-30(35)23-7-8-23/h3-6,13-14,19,23,25-26,30,33-34H,7-12,15-18,20H2,1-2H3. The maximum atomic E-state index is 13.4. The lowest BCUT2D eigenvalue weighted by molar-refractivity contribution is -0.146. The number of aromatic amines is 1. The SMILES string of the molecule is COCCc1ccc(-c2[nH]c3cc(S(=O)(=O)NC4CCC(C(=O)N5CCOCC5C5CC5)CC4)ccc3c2C)cc1. The second kappa shape index (κ2) is 11.9. The first kappa shape index (κ1) is 28.4. The van der Waals surface area contributed by atoms with Crippen LogP contribution in [0.5, 0.6) is 0 Å². The molecule has 2 aliphatic carbocycles. The summed E-state index contributed by atoms with van der Waals surface area (Å²) in [5, 5.41) is 1.01. The minimum absolute atomic E-state index is 0.0270. The Kier molecular flexibility index (Phi) is 8.23. The first-order valence-electron chi connectivity index (χ1n) is 14.9. The molecular weight excluding hydrogens is 538 g/mol. The average Bonchev–Trinajstić information content (AvgIpc) is 3.79. The molecule has 8 nitrogen and oxygen atoms in total. The van der Waals surface area contributed by atoms with E-state index < -0.39 is 10.0 Å². The number of ether oxygens (including phenoxy) is 2. The van der Waals surface area contributed by atoms with E-state index in [4.69, 9.17) is 9.47 Å². The molecule has 1 aliphatic heterocycles. The molecule has 3 aliphatic rings. The van der Waals surface area contributed by atoms with Gasteiger partial charge in [-0.25, -0.2) is 13.1 Å². The van der Waals surface area contributed by atoms with E-state index in [9.17, 15) is 13.2 Å². The maximum absolute atomic E-state index is 13.4. The van der Waals surface area contributed by atoms with Gasteiger partial charge in [-0.2, -0.15) is 0 Å². The molecule has 2 N–H and O–H groups in total. The van der Waals surface area contributed by atoms with Gasteiger partial charge in [0.1, 0.15) is 0 Å². The Labute approximate surface area is 242 Å². The highest BCUT2D eigenvalue weighted by Crippen LogP contribution is 2.38. The second-order valence-corrected chi connectivity index (χ2v) is 13.7. The van der Waals surface area contributed by atoms with E-state index in [1.54, 1.807) is 19.2 Å². The van der Waals surface area contributed by atoms with E-state index in [0.29, 0.717) is 58.0 Å². The third-order valence-corrected chi connectivity index (χ3v) is 10.7. The summed E-state index contributed by atoms with van der Waals surface area (Å²) in [5.41, 5.74) is 5.16. The van der Waals surface area contributed by atoms with Gasteiger partial charge in [0.05, 0.1) is 30.8 Å². The molecule has 1 amide bonds. The number of aromatic nitrogens is 1. The zero-order valence-corrected chi connectivity index (χ0v) is 24.8. The van der Waals surface area contributed by atoms with Crippen LogP contribution < -0.4 is 4.72 Å². The van der Waals surface area contributed by atoms with Crippen molar-refractivity contribution in [3.63, 3.8) is 0 Å². The van der Waals surface area contributed by atoms with E-state index in [2.05, 4.69) is 45.8 Å². The van der Waals surface area contributed by atoms with E-state index in [0.717, 1.165) is 34.1 Å². The second-order valence-electron chi connectivity index (χ2n) is 12.0. The Bertz CT molecular complexity index is 1490. The molecule has 41 heavy (non-hydrogen) atoms. The third kappa shape index (κ3) is 6.09. The van der Waals surface area contributed by atoms with Crippen molar-refractivity contribution in [2.75, 3.05) is 33.5 Å².